The highest BCUT2D eigenvalue weighted by Crippen LogP contribution is 2.31. The Hall–Kier alpha value is -3.50. The largest absolute Gasteiger partial charge is 0.507 e. The number of carboxylic acid groups (broad SMARTS) is 1. The van der Waals surface area contributed by atoms with Crippen molar-refractivity contribution in [1.82, 2.24) is 4.98 Å². The Morgan fingerprint density at radius 2 is 1.86 bits per heavy atom. The standard InChI is InChI=1S/C19H16N4O4S2/c1-10(24)20-14-5-3-2-4-12(14)15-9-29-19(22-15)23-18(28)21-11-6-7-13(17(26)27)16(25)8-11/h2-9,25H,1H3,(H,20,24)(H,26,27)(H2,21,22,23,28). The van der Waals surface area contributed by atoms with Crippen LogP contribution in [-0.4, -0.2) is 32.2 Å². The fraction of sp³-hybridized carbons (Fsp3) is 0.0526. The zero-order valence-electron chi connectivity index (χ0n) is 15.1. The molecule has 1 aromatic heterocycles. The van der Waals surface area contributed by atoms with Crippen LogP contribution in [0.5, 0.6) is 5.75 Å². The van der Waals surface area contributed by atoms with Crippen LogP contribution in [0, 0.1) is 0 Å². The Labute approximate surface area is 175 Å². The Balaban J connectivity index is 1.71. The van der Waals surface area contributed by atoms with Crippen molar-refractivity contribution < 1.29 is 19.8 Å². The summed E-state index contributed by atoms with van der Waals surface area (Å²) in [5.41, 5.74) is 2.34. The molecule has 10 heteroatoms. The molecule has 2 aromatic carbocycles. The van der Waals surface area contributed by atoms with Crippen LogP contribution in [-0.2, 0) is 4.79 Å². The van der Waals surface area contributed by atoms with E-state index >= 15 is 0 Å². The molecule has 0 fully saturated rings. The number of aromatic hydroxyl groups is 1. The average Bonchev–Trinajstić information content (AvgIpc) is 3.09. The first kappa shape index (κ1) is 20.2. The molecule has 0 radical (unpaired) electrons. The third-order valence-electron chi connectivity index (χ3n) is 3.72. The van der Waals surface area contributed by atoms with Gasteiger partial charge in [0.05, 0.1) is 11.4 Å². The molecule has 3 aromatic rings. The number of nitrogens with one attached hydrogen (secondary N) is 3. The molecule has 1 heterocycles. The molecule has 0 saturated heterocycles. The van der Waals surface area contributed by atoms with Gasteiger partial charge in [0.15, 0.2) is 10.2 Å². The highest BCUT2D eigenvalue weighted by Gasteiger charge is 2.12. The highest BCUT2D eigenvalue weighted by atomic mass is 32.1. The number of carbonyl (C=O) groups is 2. The van der Waals surface area contributed by atoms with Crippen LogP contribution in [0.4, 0.5) is 16.5 Å². The van der Waals surface area contributed by atoms with E-state index in [1.165, 1.54) is 36.5 Å². The van der Waals surface area contributed by atoms with E-state index in [1.807, 2.05) is 23.6 Å². The summed E-state index contributed by atoms with van der Waals surface area (Å²) >= 11 is 6.57. The molecule has 148 valence electrons. The Morgan fingerprint density at radius 1 is 1.10 bits per heavy atom. The van der Waals surface area contributed by atoms with Crippen molar-refractivity contribution in [2.24, 2.45) is 0 Å². The minimum atomic E-state index is -1.22. The number of nitrogens with zero attached hydrogens (tertiary/aromatic N) is 1. The van der Waals surface area contributed by atoms with Crippen LogP contribution in [0.15, 0.2) is 47.8 Å². The normalized spacial score (nSPS) is 10.2. The first-order valence-electron chi connectivity index (χ1n) is 8.30. The predicted molar refractivity (Wildman–Crippen MR) is 117 cm³/mol. The molecule has 0 aliphatic rings. The average molecular weight is 428 g/mol. The monoisotopic (exact) mass is 428 g/mol. The van der Waals surface area contributed by atoms with Gasteiger partial charge in [-0.25, -0.2) is 9.78 Å². The van der Waals surface area contributed by atoms with Crippen molar-refractivity contribution in [1.29, 1.82) is 0 Å². The van der Waals surface area contributed by atoms with Gasteiger partial charge in [-0.15, -0.1) is 11.3 Å². The van der Waals surface area contributed by atoms with Gasteiger partial charge in [-0.1, -0.05) is 18.2 Å². The van der Waals surface area contributed by atoms with Crippen molar-refractivity contribution in [3.05, 3.63) is 53.4 Å². The maximum absolute atomic E-state index is 11.4. The highest BCUT2D eigenvalue weighted by molar-refractivity contribution is 7.80. The zero-order chi connectivity index (χ0) is 21.0. The van der Waals surface area contributed by atoms with Gasteiger partial charge in [0.2, 0.25) is 5.91 Å². The SMILES string of the molecule is CC(=O)Nc1ccccc1-c1csc(NC(=S)Nc2ccc(C(=O)O)c(O)c2)n1. The second-order valence-electron chi connectivity index (χ2n) is 5.88. The number of benzene rings is 2. The lowest BCUT2D eigenvalue weighted by molar-refractivity contribution is -0.114. The van der Waals surface area contributed by atoms with Gasteiger partial charge in [0, 0.05) is 29.6 Å². The number of phenols is 1. The smallest absolute Gasteiger partial charge is 0.339 e. The van der Waals surface area contributed by atoms with Gasteiger partial charge in [-0.2, -0.15) is 0 Å². The minimum absolute atomic E-state index is 0.173. The predicted octanol–water partition coefficient (Wildman–Crippen LogP) is 3.98. The van der Waals surface area contributed by atoms with E-state index in [-0.39, 0.29) is 22.3 Å². The molecule has 0 bridgehead atoms. The molecule has 0 atom stereocenters. The number of aromatic nitrogens is 1. The molecule has 0 unspecified atom stereocenters. The first-order chi connectivity index (χ1) is 13.8. The lowest BCUT2D eigenvalue weighted by Crippen LogP contribution is -2.19. The second-order valence-corrected chi connectivity index (χ2v) is 7.15. The molecule has 29 heavy (non-hydrogen) atoms. The van der Waals surface area contributed by atoms with E-state index in [1.54, 1.807) is 6.07 Å². The fourth-order valence-electron chi connectivity index (χ4n) is 2.51. The number of aromatic carboxylic acids is 1. The lowest BCUT2D eigenvalue weighted by Gasteiger charge is -2.10. The van der Waals surface area contributed by atoms with Crippen molar-refractivity contribution >= 4 is 57.0 Å². The van der Waals surface area contributed by atoms with Gasteiger partial charge < -0.3 is 26.2 Å². The summed E-state index contributed by atoms with van der Waals surface area (Å²) in [6, 6.07) is 11.4. The summed E-state index contributed by atoms with van der Waals surface area (Å²) in [6.45, 7) is 1.44. The van der Waals surface area contributed by atoms with E-state index < -0.39 is 5.97 Å². The number of amides is 1. The van der Waals surface area contributed by atoms with E-state index in [4.69, 9.17) is 17.3 Å². The summed E-state index contributed by atoms with van der Waals surface area (Å²) in [6.07, 6.45) is 0. The van der Waals surface area contributed by atoms with Crippen molar-refractivity contribution in [2.45, 2.75) is 6.92 Å². The molecule has 5 N–H and O–H groups in total. The molecular formula is C19H16N4O4S2. The third-order valence-corrected chi connectivity index (χ3v) is 4.69. The number of hydrogen-bond donors (Lipinski definition) is 5. The number of carbonyl (C=O) groups excluding carboxylic acids is 1. The second kappa shape index (κ2) is 8.67. The molecule has 0 saturated carbocycles. The summed E-state index contributed by atoms with van der Waals surface area (Å²) in [5.74, 6) is -1.76. The molecule has 8 nitrogen and oxygen atoms in total. The third kappa shape index (κ3) is 5.06. The van der Waals surface area contributed by atoms with Crippen molar-refractivity contribution in [3.8, 4) is 17.0 Å². The quantitative estimate of drug-likeness (QED) is 0.387. The molecule has 0 aliphatic carbocycles. The van der Waals surface area contributed by atoms with E-state index in [0.717, 1.165) is 5.56 Å². The fourth-order valence-corrected chi connectivity index (χ4v) is 3.50. The van der Waals surface area contributed by atoms with E-state index in [2.05, 4.69) is 20.9 Å². The Morgan fingerprint density at radius 3 is 2.55 bits per heavy atom. The number of thiocarbonyl (C=S) groups is 1. The zero-order valence-corrected chi connectivity index (χ0v) is 16.7. The maximum atomic E-state index is 11.4. The summed E-state index contributed by atoms with van der Waals surface area (Å²) in [7, 11) is 0. The Bertz CT molecular complexity index is 1100. The van der Waals surface area contributed by atoms with Gasteiger partial charge in [0.25, 0.3) is 0 Å². The topological polar surface area (TPSA) is 124 Å². The van der Waals surface area contributed by atoms with Crippen LogP contribution >= 0.6 is 23.6 Å². The molecule has 0 aliphatic heterocycles. The number of carboxylic acids is 1. The van der Waals surface area contributed by atoms with Crippen molar-refractivity contribution in [2.75, 3.05) is 16.0 Å². The number of anilines is 3. The molecule has 1 amide bonds. The molecule has 0 spiro atoms. The van der Waals surface area contributed by atoms with Crippen molar-refractivity contribution in [3.63, 3.8) is 0 Å². The molecular weight excluding hydrogens is 412 g/mol. The number of para-hydroxylation sites is 1. The first-order valence-corrected chi connectivity index (χ1v) is 9.59. The van der Waals surface area contributed by atoms with Crippen LogP contribution < -0.4 is 16.0 Å². The number of thiazole rings is 1. The Kier molecular flexibility index (Phi) is 6.05. The van der Waals surface area contributed by atoms with Crippen LogP contribution in [0.3, 0.4) is 0 Å². The van der Waals surface area contributed by atoms with Crippen LogP contribution in [0.1, 0.15) is 17.3 Å². The lowest BCUT2D eigenvalue weighted by atomic mass is 10.1. The number of hydrogen-bond acceptors (Lipinski definition) is 6. The minimum Gasteiger partial charge on any atom is -0.507 e. The van der Waals surface area contributed by atoms with E-state index in [0.29, 0.717) is 22.2 Å². The molecule has 3 rings (SSSR count). The summed E-state index contributed by atoms with van der Waals surface area (Å²) in [4.78, 5) is 26.8. The number of rotatable bonds is 5. The van der Waals surface area contributed by atoms with Crippen LogP contribution in [0.2, 0.25) is 0 Å². The van der Waals surface area contributed by atoms with Gasteiger partial charge in [0.1, 0.15) is 11.3 Å². The van der Waals surface area contributed by atoms with Crippen LogP contribution in [0.25, 0.3) is 11.3 Å². The maximum Gasteiger partial charge on any atom is 0.339 e. The van der Waals surface area contributed by atoms with Gasteiger partial charge in [-0.3, -0.25) is 4.79 Å². The summed E-state index contributed by atoms with van der Waals surface area (Å²) in [5, 5.41) is 29.9. The van der Waals surface area contributed by atoms with E-state index in [9.17, 15) is 14.7 Å². The van der Waals surface area contributed by atoms with Gasteiger partial charge >= 0.3 is 5.97 Å². The van der Waals surface area contributed by atoms with Gasteiger partial charge in [-0.05, 0) is 30.4 Å². The summed E-state index contributed by atoms with van der Waals surface area (Å²) < 4.78 is 0.